The number of rotatable bonds is 3. The highest BCUT2D eigenvalue weighted by Crippen LogP contribution is 2.28. The predicted molar refractivity (Wildman–Crippen MR) is 76.4 cm³/mol. The third-order valence-electron chi connectivity index (χ3n) is 3.43. The maximum Gasteiger partial charge on any atom is 0.261 e. The van der Waals surface area contributed by atoms with Gasteiger partial charge in [0.05, 0.1) is 4.90 Å². The number of amides is 1. The molecule has 1 aromatic carbocycles. The van der Waals surface area contributed by atoms with E-state index >= 15 is 0 Å². The molecule has 2 rings (SSSR count). The van der Waals surface area contributed by atoms with Crippen molar-refractivity contribution in [2.24, 2.45) is 0 Å². The number of anilines is 1. The molecule has 110 valence electrons. The third kappa shape index (κ3) is 3.13. The maximum atomic E-state index is 12.2. The minimum atomic E-state index is -3.76. The summed E-state index contributed by atoms with van der Waals surface area (Å²) in [6.45, 7) is 4.04. The van der Waals surface area contributed by atoms with Crippen LogP contribution in [0.4, 0.5) is 5.69 Å². The third-order valence-corrected chi connectivity index (χ3v) is 4.78. The summed E-state index contributed by atoms with van der Waals surface area (Å²) in [4.78, 5) is 12.2. The molecule has 0 spiro atoms. The number of carbonyl (C=O) groups is 1. The highest BCUT2D eigenvalue weighted by molar-refractivity contribution is 8.13. The van der Waals surface area contributed by atoms with E-state index in [1.807, 2.05) is 0 Å². The monoisotopic (exact) mass is 317 g/mol. The van der Waals surface area contributed by atoms with Crippen LogP contribution in [0.3, 0.4) is 0 Å². The molecule has 20 heavy (non-hydrogen) atoms. The molecule has 1 aromatic rings. The van der Waals surface area contributed by atoms with Gasteiger partial charge in [0.25, 0.3) is 15.0 Å². The van der Waals surface area contributed by atoms with Crippen LogP contribution in [0.5, 0.6) is 0 Å². The SMILES string of the molecule is Cc1cc(S(=O)(=O)Cl)ccc1NC(=O)C1(C)CCCO1. The Hall–Kier alpha value is -1.11. The average Bonchev–Trinajstić information content (AvgIpc) is 2.78. The number of hydrogen-bond acceptors (Lipinski definition) is 4. The van der Waals surface area contributed by atoms with Crippen LogP contribution in [0.2, 0.25) is 0 Å². The molecule has 0 radical (unpaired) electrons. The van der Waals surface area contributed by atoms with Gasteiger partial charge in [0.15, 0.2) is 0 Å². The quantitative estimate of drug-likeness (QED) is 0.869. The molecule has 0 aromatic heterocycles. The van der Waals surface area contributed by atoms with Crippen LogP contribution in [0, 0.1) is 6.92 Å². The minimum absolute atomic E-state index is 0.0120. The predicted octanol–water partition coefficient (Wildman–Crippen LogP) is 2.43. The lowest BCUT2D eigenvalue weighted by molar-refractivity contribution is -0.133. The zero-order valence-corrected chi connectivity index (χ0v) is 12.8. The number of nitrogens with one attached hydrogen (secondary N) is 1. The molecule has 1 heterocycles. The molecule has 1 saturated heterocycles. The smallest absolute Gasteiger partial charge is 0.261 e. The summed E-state index contributed by atoms with van der Waals surface area (Å²) >= 11 is 0. The molecule has 1 fully saturated rings. The zero-order valence-electron chi connectivity index (χ0n) is 11.3. The van der Waals surface area contributed by atoms with Crippen LogP contribution in [0.15, 0.2) is 23.1 Å². The van der Waals surface area contributed by atoms with Crippen molar-refractivity contribution in [3.8, 4) is 0 Å². The lowest BCUT2D eigenvalue weighted by atomic mass is 10.0. The van der Waals surface area contributed by atoms with Gasteiger partial charge in [-0.1, -0.05) is 0 Å². The highest BCUT2D eigenvalue weighted by Gasteiger charge is 2.37. The van der Waals surface area contributed by atoms with E-state index in [4.69, 9.17) is 15.4 Å². The normalized spacial score (nSPS) is 22.8. The van der Waals surface area contributed by atoms with E-state index < -0.39 is 14.7 Å². The van der Waals surface area contributed by atoms with Gasteiger partial charge in [-0.3, -0.25) is 4.79 Å². The van der Waals surface area contributed by atoms with Gasteiger partial charge in [-0.15, -0.1) is 0 Å². The van der Waals surface area contributed by atoms with Crippen molar-refractivity contribution in [3.05, 3.63) is 23.8 Å². The molecule has 1 aliphatic rings. The Balaban J connectivity index is 2.20. The number of benzene rings is 1. The fourth-order valence-electron chi connectivity index (χ4n) is 2.14. The summed E-state index contributed by atoms with van der Waals surface area (Å²) in [5, 5.41) is 2.77. The summed E-state index contributed by atoms with van der Waals surface area (Å²) in [5.74, 6) is -0.223. The second kappa shape index (κ2) is 5.35. The van der Waals surface area contributed by atoms with Crippen molar-refractivity contribution in [3.63, 3.8) is 0 Å². The van der Waals surface area contributed by atoms with Crippen molar-refractivity contribution in [2.45, 2.75) is 37.2 Å². The Morgan fingerprint density at radius 2 is 2.15 bits per heavy atom. The summed E-state index contributed by atoms with van der Waals surface area (Å²) in [6.07, 6.45) is 1.53. The summed E-state index contributed by atoms with van der Waals surface area (Å²) in [6, 6.07) is 4.32. The van der Waals surface area contributed by atoms with E-state index in [-0.39, 0.29) is 10.8 Å². The molecule has 1 unspecified atom stereocenters. The topological polar surface area (TPSA) is 72.5 Å². The van der Waals surface area contributed by atoms with Crippen molar-refractivity contribution >= 4 is 31.3 Å². The van der Waals surface area contributed by atoms with Crippen molar-refractivity contribution in [1.29, 1.82) is 0 Å². The van der Waals surface area contributed by atoms with Crippen molar-refractivity contribution in [1.82, 2.24) is 0 Å². The second-order valence-electron chi connectivity index (χ2n) is 5.05. The Bertz CT molecular complexity index is 636. The van der Waals surface area contributed by atoms with E-state index in [0.717, 1.165) is 6.42 Å². The van der Waals surface area contributed by atoms with Crippen LogP contribution in [0.25, 0.3) is 0 Å². The van der Waals surface area contributed by atoms with Gasteiger partial charge in [-0.2, -0.15) is 0 Å². The van der Waals surface area contributed by atoms with Crippen LogP contribution in [0.1, 0.15) is 25.3 Å². The highest BCUT2D eigenvalue weighted by atomic mass is 35.7. The number of ether oxygens (including phenoxy) is 1. The Kier molecular flexibility index (Phi) is 4.09. The van der Waals surface area contributed by atoms with Gasteiger partial charge in [-0.05, 0) is 50.5 Å². The van der Waals surface area contributed by atoms with Gasteiger partial charge in [0, 0.05) is 23.0 Å². The first-order valence-corrected chi connectivity index (χ1v) is 8.54. The van der Waals surface area contributed by atoms with E-state index in [1.54, 1.807) is 13.8 Å². The first kappa shape index (κ1) is 15.3. The molecule has 1 N–H and O–H groups in total. The van der Waals surface area contributed by atoms with Gasteiger partial charge < -0.3 is 10.1 Å². The zero-order chi connectivity index (χ0) is 15.0. The molecule has 0 aliphatic carbocycles. The second-order valence-corrected chi connectivity index (χ2v) is 7.62. The molecule has 5 nitrogen and oxygen atoms in total. The molecule has 0 saturated carbocycles. The summed E-state index contributed by atoms with van der Waals surface area (Å²) in [5.41, 5.74) is 0.362. The molecule has 7 heteroatoms. The van der Waals surface area contributed by atoms with E-state index in [2.05, 4.69) is 5.32 Å². The number of hydrogen-bond donors (Lipinski definition) is 1. The van der Waals surface area contributed by atoms with Gasteiger partial charge in [-0.25, -0.2) is 8.42 Å². The van der Waals surface area contributed by atoms with Crippen LogP contribution < -0.4 is 5.32 Å². The lowest BCUT2D eigenvalue weighted by Gasteiger charge is -2.22. The number of aryl methyl sites for hydroxylation is 1. The molecule has 0 bridgehead atoms. The van der Waals surface area contributed by atoms with Crippen molar-refractivity contribution < 1.29 is 17.9 Å². The largest absolute Gasteiger partial charge is 0.365 e. The molecule has 1 atom stereocenters. The van der Waals surface area contributed by atoms with E-state index in [1.165, 1.54) is 18.2 Å². The van der Waals surface area contributed by atoms with E-state index in [9.17, 15) is 13.2 Å². The minimum Gasteiger partial charge on any atom is -0.365 e. The lowest BCUT2D eigenvalue weighted by Crippen LogP contribution is -2.39. The molecular formula is C13H16ClNO4S. The van der Waals surface area contributed by atoms with Crippen LogP contribution in [-0.2, 0) is 18.6 Å². The van der Waals surface area contributed by atoms with Crippen LogP contribution in [-0.4, -0.2) is 26.5 Å². The Morgan fingerprint density at radius 3 is 2.65 bits per heavy atom. The number of carbonyl (C=O) groups excluding carboxylic acids is 1. The molecule has 1 aliphatic heterocycles. The standard InChI is InChI=1S/C13H16ClNO4S/c1-9-8-10(20(14,17)18)4-5-11(9)15-12(16)13(2)6-3-7-19-13/h4-5,8H,3,6-7H2,1-2H3,(H,15,16). The maximum absolute atomic E-state index is 12.2. The average molecular weight is 318 g/mol. The first-order valence-electron chi connectivity index (χ1n) is 6.23. The fourth-order valence-corrected chi connectivity index (χ4v) is 2.98. The number of halogens is 1. The van der Waals surface area contributed by atoms with Gasteiger partial charge in [0.1, 0.15) is 5.60 Å². The van der Waals surface area contributed by atoms with Gasteiger partial charge >= 0.3 is 0 Å². The summed E-state index contributed by atoms with van der Waals surface area (Å²) in [7, 11) is 1.52. The first-order chi connectivity index (χ1) is 9.22. The van der Waals surface area contributed by atoms with Crippen LogP contribution >= 0.6 is 10.7 Å². The van der Waals surface area contributed by atoms with E-state index in [0.29, 0.717) is 24.3 Å². The molecular weight excluding hydrogens is 302 g/mol. The summed E-state index contributed by atoms with van der Waals surface area (Å²) < 4.78 is 27.9. The molecule has 1 amide bonds. The Labute approximate surface area is 122 Å². The van der Waals surface area contributed by atoms with Gasteiger partial charge in [0.2, 0.25) is 0 Å². The fraction of sp³-hybridized carbons (Fsp3) is 0.462. The Morgan fingerprint density at radius 1 is 1.45 bits per heavy atom. The van der Waals surface area contributed by atoms with Crippen molar-refractivity contribution in [2.75, 3.05) is 11.9 Å².